The second-order valence-corrected chi connectivity index (χ2v) is 6.75. The third-order valence-corrected chi connectivity index (χ3v) is 4.47. The molecule has 2 rings (SSSR count). The number of nitrogens with one attached hydrogen (secondary N) is 2. The largest absolute Gasteiger partial charge is 0.384 e. The number of ether oxygens (including phenoxy) is 1. The predicted octanol–water partition coefficient (Wildman–Crippen LogP) is 3.53. The normalized spacial score (nSPS) is 11.4. The fraction of sp³-hybridized carbons (Fsp3) is 0.263. The minimum absolute atomic E-state index is 0.0840. The molecule has 1 heterocycles. The van der Waals surface area contributed by atoms with Crippen molar-refractivity contribution in [3.05, 3.63) is 57.7 Å². The summed E-state index contributed by atoms with van der Waals surface area (Å²) in [6, 6.07) is 12.7. The molecule has 27 heavy (non-hydrogen) atoms. The van der Waals surface area contributed by atoms with E-state index in [-0.39, 0.29) is 18.5 Å². The number of hydrogen-bond donors (Lipinski definition) is 3. The van der Waals surface area contributed by atoms with E-state index in [2.05, 4.69) is 27.0 Å². The van der Waals surface area contributed by atoms with Gasteiger partial charge < -0.3 is 15.4 Å². The van der Waals surface area contributed by atoms with E-state index in [0.717, 1.165) is 16.4 Å². The summed E-state index contributed by atoms with van der Waals surface area (Å²) in [4.78, 5) is 5.59. The molecule has 0 saturated carbocycles. The molecule has 140 valence electrons. The van der Waals surface area contributed by atoms with E-state index in [4.69, 9.17) is 21.3 Å². The van der Waals surface area contributed by atoms with Crippen LogP contribution in [0.5, 0.6) is 0 Å². The quantitative estimate of drug-likeness (QED) is 0.438. The average molecular weight is 429 g/mol. The SMILES string of the molecule is CCC(CN(C=N)C(=N)c1cccc(N)n1)OCc1ccc(Br)cc1C#N. The van der Waals surface area contributed by atoms with Gasteiger partial charge >= 0.3 is 0 Å². The number of halogens is 1. The van der Waals surface area contributed by atoms with Crippen molar-refractivity contribution in [2.75, 3.05) is 12.3 Å². The molecule has 4 N–H and O–H groups in total. The topological polar surface area (TPSA) is 123 Å². The number of nitrogen functional groups attached to an aromatic ring is 1. The Morgan fingerprint density at radius 2 is 2.22 bits per heavy atom. The second-order valence-electron chi connectivity index (χ2n) is 5.83. The van der Waals surface area contributed by atoms with Crippen LogP contribution in [0.3, 0.4) is 0 Å². The molecule has 0 spiro atoms. The van der Waals surface area contributed by atoms with Gasteiger partial charge in [-0.05, 0) is 36.2 Å². The molecule has 0 saturated heterocycles. The van der Waals surface area contributed by atoms with Crippen molar-refractivity contribution in [3.63, 3.8) is 0 Å². The zero-order valence-electron chi connectivity index (χ0n) is 14.9. The molecular weight excluding hydrogens is 408 g/mol. The van der Waals surface area contributed by atoms with Crippen LogP contribution in [0.2, 0.25) is 0 Å². The van der Waals surface area contributed by atoms with Crippen molar-refractivity contribution in [2.24, 2.45) is 0 Å². The van der Waals surface area contributed by atoms with Crippen LogP contribution in [0.1, 0.15) is 30.2 Å². The molecular formula is C19H21BrN6O. The van der Waals surface area contributed by atoms with E-state index in [1.54, 1.807) is 24.3 Å². The fourth-order valence-corrected chi connectivity index (χ4v) is 2.81. The summed E-state index contributed by atoms with van der Waals surface area (Å²) >= 11 is 3.35. The van der Waals surface area contributed by atoms with Crippen LogP contribution >= 0.6 is 15.9 Å². The van der Waals surface area contributed by atoms with E-state index >= 15 is 0 Å². The molecule has 1 aromatic carbocycles. The Balaban J connectivity index is 2.05. The monoisotopic (exact) mass is 428 g/mol. The van der Waals surface area contributed by atoms with Crippen LogP contribution in [0, 0.1) is 22.1 Å². The Morgan fingerprint density at radius 1 is 1.44 bits per heavy atom. The summed E-state index contributed by atoms with van der Waals surface area (Å²) in [7, 11) is 0. The highest BCUT2D eigenvalue weighted by atomic mass is 79.9. The lowest BCUT2D eigenvalue weighted by molar-refractivity contribution is 0.0321. The average Bonchev–Trinajstić information content (AvgIpc) is 2.68. The highest BCUT2D eigenvalue weighted by molar-refractivity contribution is 9.10. The minimum Gasteiger partial charge on any atom is -0.384 e. The zero-order valence-corrected chi connectivity index (χ0v) is 16.5. The summed E-state index contributed by atoms with van der Waals surface area (Å²) in [6.07, 6.45) is 1.56. The number of rotatable bonds is 8. The van der Waals surface area contributed by atoms with Crippen molar-refractivity contribution in [3.8, 4) is 6.07 Å². The van der Waals surface area contributed by atoms with Gasteiger partial charge in [0.2, 0.25) is 0 Å². The smallest absolute Gasteiger partial charge is 0.152 e. The number of amidine groups is 1. The zero-order chi connectivity index (χ0) is 19.8. The number of nitrogens with zero attached hydrogens (tertiary/aromatic N) is 3. The third-order valence-electron chi connectivity index (χ3n) is 3.98. The third kappa shape index (κ3) is 5.61. The Kier molecular flexibility index (Phi) is 7.46. The van der Waals surface area contributed by atoms with Gasteiger partial charge in [0.1, 0.15) is 11.5 Å². The van der Waals surface area contributed by atoms with Gasteiger partial charge in [-0.2, -0.15) is 5.26 Å². The van der Waals surface area contributed by atoms with Crippen LogP contribution in [0.4, 0.5) is 5.82 Å². The molecule has 0 bridgehead atoms. The maximum Gasteiger partial charge on any atom is 0.152 e. The number of hydrogen-bond acceptors (Lipinski definition) is 6. The van der Waals surface area contributed by atoms with Gasteiger partial charge in [-0.15, -0.1) is 0 Å². The minimum atomic E-state index is -0.219. The van der Waals surface area contributed by atoms with Gasteiger partial charge in [0.25, 0.3) is 0 Å². The van der Waals surface area contributed by atoms with Crippen molar-refractivity contribution in [2.45, 2.75) is 26.1 Å². The summed E-state index contributed by atoms with van der Waals surface area (Å²) in [5, 5.41) is 25.2. The standard InChI is InChI=1S/C19H21BrN6O/c1-2-16(27-11-13-6-7-15(20)8-14(13)9-21)10-26(12-22)19(24)17-4-3-5-18(23)25-17/h3-8,12,16,22,24H,2,10-11H2,1H3,(H2,23,25). The molecule has 8 heteroatoms. The van der Waals surface area contributed by atoms with Gasteiger partial charge in [-0.1, -0.05) is 35.0 Å². The molecule has 0 radical (unpaired) electrons. The first-order valence-electron chi connectivity index (χ1n) is 8.37. The van der Waals surface area contributed by atoms with Gasteiger partial charge in [0.05, 0.1) is 37.2 Å². The van der Waals surface area contributed by atoms with E-state index < -0.39 is 0 Å². The van der Waals surface area contributed by atoms with Crippen molar-refractivity contribution in [1.82, 2.24) is 9.88 Å². The molecule has 1 unspecified atom stereocenters. The Morgan fingerprint density at radius 3 is 2.85 bits per heavy atom. The lowest BCUT2D eigenvalue weighted by Crippen LogP contribution is -2.37. The van der Waals surface area contributed by atoms with Gasteiger partial charge in [0.15, 0.2) is 5.84 Å². The lowest BCUT2D eigenvalue weighted by Gasteiger charge is -2.25. The van der Waals surface area contributed by atoms with E-state index in [1.165, 1.54) is 4.90 Å². The summed E-state index contributed by atoms with van der Waals surface area (Å²) < 4.78 is 6.79. The van der Waals surface area contributed by atoms with E-state index in [1.807, 2.05) is 19.1 Å². The highest BCUT2D eigenvalue weighted by Crippen LogP contribution is 2.18. The lowest BCUT2D eigenvalue weighted by atomic mass is 10.1. The highest BCUT2D eigenvalue weighted by Gasteiger charge is 2.17. The van der Waals surface area contributed by atoms with E-state index in [9.17, 15) is 5.26 Å². The number of anilines is 1. The Bertz CT molecular complexity index is 864. The summed E-state index contributed by atoms with van der Waals surface area (Å²) in [6.45, 7) is 2.58. The predicted molar refractivity (Wildman–Crippen MR) is 109 cm³/mol. The van der Waals surface area contributed by atoms with Crippen LogP contribution in [0.15, 0.2) is 40.9 Å². The number of nitriles is 1. The van der Waals surface area contributed by atoms with Crippen LogP contribution < -0.4 is 5.73 Å². The number of nitrogens with two attached hydrogens (primary N) is 1. The first-order valence-corrected chi connectivity index (χ1v) is 9.16. The molecule has 0 aliphatic rings. The molecule has 0 aliphatic carbocycles. The van der Waals surface area contributed by atoms with Gasteiger partial charge in [-0.3, -0.25) is 10.8 Å². The van der Waals surface area contributed by atoms with Crippen molar-refractivity contribution in [1.29, 1.82) is 16.1 Å². The molecule has 1 aromatic heterocycles. The molecule has 7 nitrogen and oxygen atoms in total. The second kappa shape index (κ2) is 9.80. The maximum atomic E-state index is 9.26. The first kappa shape index (κ1) is 20.6. The van der Waals surface area contributed by atoms with E-state index in [0.29, 0.717) is 30.0 Å². The van der Waals surface area contributed by atoms with Crippen LogP contribution in [-0.2, 0) is 11.3 Å². The molecule has 0 fully saturated rings. The molecule has 0 aliphatic heterocycles. The van der Waals surface area contributed by atoms with Gasteiger partial charge in [-0.25, -0.2) is 4.98 Å². The molecule has 2 aromatic rings. The Hall–Kier alpha value is -2.76. The first-order chi connectivity index (χ1) is 13.0. The van der Waals surface area contributed by atoms with Crippen LogP contribution in [-0.4, -0.2) is 34.7 Å². The molecule has 0 amide bonds. The van der Waals surface area contributed by atoms with Crippen molar-refractivity contribution >= 4 is 33.9 Å². The summed E-state index contributed by atoms with van der Waals surface area (Å²) in [5.41, 5.74) is 7.43. The number of pyridine rings is 1. The maximum absolute atomic E-state index is 9.26. The number of aromatic nitrogens is 1. The molecule has 1 atom stereocenters. The Labute approximate surface area is 166 Å². The van der Waals surface area contributed by atoms with Gasteiger partial charge in [0, 0.05) is 4.47 Å². The van der Waals surface area contributed by atoms with Crippen LogP contribution in [0.25, 0.3) is 0 Å². The van der Waals surface area contributed by atoms with Crippen molar-refractivity contribution < 1.29 is 4.74 Å². The summed E-state index contributed by atoms with van der Waals surface area (Å²) in [5.74, 6) is 0.408. The number of benzene rings is 1. The fourth-order valence-electron chi connectivity index (χ4n) is 2.44.